The van der Waals surface area contributed by atoms with E-state index < -0.39 is 6.09 Å². The van der Waals surface area contributed by atoms with Crippen LogP contribution in [0.4, 0.5) is 10.5 Å². The van der Waals surface area contributed by atoms with E-state index in [1.807, 2.05) is 0 Å². The predicted molar refractivity (Wildman–Crippen MR) is 78.3 cm³/mol. The number of carbonyl (C=O) groups is 2. The number of hydrogen-bond acceptors (Lipinski definition) is 4. The van der Waals surface area contributed by atoms with Crippen LogP contribution in [0.2, 0.25) is 0 Å². The normalized spacial score (nSPS) is 10.1. The molecule has 0 saturated carbocycles. The number of Topliss-reactive ketones (excluding diaryl/α,β-unsaturated/α-hetero) is 1. The van der Waals surface area contributed by atoms with Gasteiger partial charge in [-0.25, -0.2) is 9.78 Å². The van der Waals surface area contributed by atoms with E-state index in [-0.39, 0.29) is 5.78 Å². The number of nitrogens with zero attached hydrogens (tertiary/aromatic N) is 1. The zero-order chi connectivity index (χ0) is 15.1. The van der Waals surface area contributed by atoms with Gasteiger partial charge in [-0.15, -0.1) is 0 Å². The van der Waals surface area contributed by atoms with Crippen molar-refractivity contribution in [2.75, 3.05) is 11.9 Å². The summed E-state index contributed by atoms with van der Waals surface area (Å²) in [6.07, 6.45) is 4.36. The average molecular weight is 287 g/mol. The summed E-state index contributed by atoms with van der Waals surface area (Å²) in [6, 6.07) is 6.66. The van der Waals surface area contributed by atoms with Crippen molar-refractivity contribution in [3.8, 4) is 0 Å². The molecule has 1 amide bonds. The Balaban J connectivity index is 1.70. The van der Waals surface area contributed by atoms with Crippen molar-refractivity contribution in [1.29, 1.82) is 0 Å². The number of imidazole rings is 1. The predicted octanol–water partition coefficient (Wildman–Crippen LogP) is 2.79. The number of nitrogens with one attached hydrogen (secondary N) is 2. The molecule has 0 unspecified atom stereocenters. The Morgan fingerprint density at radius 1 is 1.29 bits per heavy atom. The molecule has 6 heteroatoms. The molecule has 0 fully saturated rings. The summed E-state index contributed by atoms with van der Waals surface area (Å²) >= 11 is 0. The molecule has 0 spiro atoms. The first kappa shape index (κ1) is 14.8. The lowest BCUT2D eigenvalue weighted by molar-refractivity contribution is 0.101. The molecule has 2 rings (SSSR count). The van der Waals surface area contributed by atoms with Gasteiger partial charge in [-0.3, -0.25) is 10.1 Å². The van der Waals surface area contributed by atoms with E-state index in [1.165, 1.54) is 6.92 Å². The Morgan fingerprint density at radius 3 is 2.67 bits per heavy atom. The molecule has 1 aromatic heterocycles. The van der Waals surface area contributed by atoms with Crippen molar-refractivity contribution in [2.24, 2.45) is 0 Å². The van der Waals surface area contributed by atoms with Crippen LogP contribution in [0.25, 0.3) is 0 Å². The minimum Gasteiger partial charge on any atom is -0.449 e. The third-order valence-corrected chi connectivity index (χ3v) is 2.92. The van der Waals surface area contributed by atoms with E-state index >= 15 is 0 Å². The topological polar surface area (TPSA) is 84.1 Å². The minimum absolute atomic E-state index is 0.0112. The highest BCUT2D eigenvalue weighted by atomic mass is 16.5. The monoisotopic (exact) mass is 287 g/mol. The van der Waals surface area contributed by atoms with E-state index in [1.54, 1.807) is 36.8 Å². The Labute approximate surface area is 122 Å². The van der Waals surface area contributed by atoms with E-state index in [2.05, 4.69) is 15.3 Å². The van der Waals surface area contributed by atoms with Gasteiger partial charge in [-0.05, 0) is 44.0 Å². The van der Waals surface area contributed by atoms with Crippen LogP contribution in [0, 0.1) is 0 Å². The van der Waals surface area contributed by atoms with Crippen LogP contribution >= 0.6 is 0 Å². The van der Waals surface area contributed by atoms with Crippen LogP contribution in [-0.2, 0) is 11.2 Å². The second-order valence-corrected chi connectivity index (χ2v) is 4.57. The number of anilines is 1. The number of ether oxygens (including phenoxy) is 1. The molecule has 2 aromatic rings. The van der Waals surface area contributed by atoms with Gasteiger partial charge in [0.25, 0.3) is 0 Å². The quantitative estimate of drug-likeness (QED) is 0.632. The van der Waals surface area contributed by atoms with Crippen LogP contribution in [0.1, 0.15) is 29.4 Å². The number of hydrogen-bond donors (Lipinski definition) is 2. The fourth-order valence-corrected chi connectivity index (χ4v) is 1.79. The minimum atomic E-state index is -0.504. The van der Waals surface area contributed by atoms with Crippen LogP contribution in [-0.4, -0.2) is 28.5 Å². The summed E-state index contributed by atoms with van der Waals surface area (Å²) in [5.74, 6) is -0.0112. The fraction of sp³-hybridized carbons (Fsp3) is 0.267. The molecule has 0 atom stereocenters. The van der Waals surface area contributed by atoms with E-state index in [0.29, 0.717) is 17.9 Å². The van der Waals surface area contributed by atoms with Crippen molar-refractivity contribution in [3.05, 3.63) is 48.0 Å². The number of H-pyrrole nitrogens is 1. The summed E-state index contributed by atoms with van der Waals surface area (Å²) in [5, 5.41) is 2.61. The molecule has 0 aliphatic heterocycles. The molecule has 6 nitrogen and oxygen atoms in total. The SMILES string of the molecule is CC(=O)c1ccc(NC(=O)OCCCc2cnc[nH]2)cc1. The number of aromatic amines is 1. The van der Waals surface area contributed by atoms with Gasteiger partial charge in [0.05, 0.1) is 12.9 Å². The third kappa shape index (κ3) is 4.76. The number of benzene rings is 1. The average Bonchev–Trinajstić information content (AvgIpc) is 2.97. The summed E-state index contributed by atoms with van der Waals surface area (Å²) in [7, 11) is 0. The van der Waals surface area contributed by atoms with Gasteiger partial charge in [0, 0.05) is 23.1 Å². The molecule has 1 aromatic carbocycles. The maximum absolute atomic E-state index is 11.6. The number of ketones is 1. The zero-order valence-corrected chi connectivity index (χ0v) is 11.8. The largest absolute Gasteiger partial charge is 0.449 e. The molecular formula is C15H17N3O3. The molecule has 1 heterocycles. The Kier molecular flexibility index (Phi) is 5.09. The first-order valence-electron chi connectivity index (χ1n) is 6.67. The highest BCUT2D eigenvalue weighted by Gasteiger charge is 2.04. The zero-order valence-electron chi connectivity index (χ0n) is 11.8. The number of rotatable bonds is 6. The summed E-state index contributed by atoms with van der Waals surface area (Å²) in [5.41, 5.74) is 2.21. The number of carbonyl (C=O) groups excluding carboxylic acids is 2. The van der Waals surface area contributed by atoms with Gasteiger partial charge in [-0.2, -0.15) is 0 Å². The van der Waals surface area contributed by atoms with Crippen molar-refractivity contribution >= 4 is 17.6 Å². The third-order valence-electron chi connectivity index (χ3n) is 2.92. The van der Waals surface area contributed by atoms with Gasteiger partial charge in [0.1, 0.15) is 0 Å². The lowest BCUT2D eigenvalue weighted by atomic mass is 10.1. The van der Waals surface area contributed by atoms with E-state index in [0.717, 1.165) is 18.5 Å². The summed E-state index contributed by atoms with van der Waals surface area (Å²) in [6.45, 7) is 1.83. The lowest BCUT2D eigenvalue weighted by Gasteiger charge is -2.07. The van der Waals surface area contributed by atoms with Crippen molar-refractivity contribution in [1.82, 2.24) is 9.97 Å². The second kappa shape index (κ2) is 7.23. The van der Waals surface area contributed by atoms with Crippen molar-refractivity contribution in [2.45, 2.75) is 19.8 Å². The van der Waals surface area contributed by atoms with Gasteiger partial charge in [-0.1, -0.05) is 0 Å². The molecule has 0 aliphatic rings. The van der Waals surface area contributed by atoms with Gasteiger partial charge in [0.15, 0.2) is 5.78 Å². The number of aryl methyl sites for hydroxylation is 1. The Morgan fingerprint density at radius 2 is 2.05 bits per heavy atom. The maximum Gasteiger partial charge on any atom is 0.411 e. The molecule has 21 heavy (non-hydrogen) atoms. The van der Waals surface area contributed by atoms with Crippen LogP contribution < -0.4 is 5.32 Å². The van der Waals surface area contributed by atoms with Crippen molar-refractivity contribution in [3.63, 3.8) is 0 Å². The van der Waals surface area contributed by atoms with Crippen molar-refractivity contribution < 1.29 is 14.3 Å². The summed E-state index contributed by atoms with van der Waals surface area (Å²) < 4.78 is 5.07. The van der Waals surface area contributed by atoms with E-state index in [9.17, 15) is 9.59 Å². The highest BCUT2D eigenvalue weighted by molar-refractivity contribution is 5.94. The lowest BCUT2D eigenvalue weighted by Crippen LogP contribution is -2.14. The molecule has 0 radical (unpaired) electrons. The standard InChI is InChI=1S/C15H17N3O3/c1-11(19)12-4-6-13(7-5-12)18-15(20)21-8-2-3-14-9-16-10-17-14/h4-7,9-10H,2-3,8H2,1H3,(H,16,17)(H,18,20). The fourth-order valence-electron chi connectivity index (χ4n) is 1.79. The van der Waals surface area contributed by atoms with Crippen LogP contribution in [0.3, 0.4) is 0 Å². The van der Waals surface area contributed by atoms with Gasteiger partial charge < -0.3 is 9.72 Å². The maximum atomic E-state index is 11.6. The smallest absolute Gasteiger partial charge is 0.411 e. The first-order chi connectivity index (χ1) is 10.1. The van der Waals surface area contributed by atoms with Gasteiger partial charge >= 0.3 is 6.09 Å². The molecule has 110 valence electrons. The van der Waals surface area contributed by atoms with E-state index in [4.69, 9.17) is 4.74 Å². The summed E-state index contributed by atoms with van der Waals surface area (Å²) in [4.78, 5) is 29.6. The molecule has 0 aliphatic carbocycles. The first-order valence-corrected chi connectivity index (χ1v) is 6.67. The number of aromatic nitrogens is 2. The van der Waals surface area contributed by atoms with Gasteiger partial charge in [0.2, 0.25) is 0 Å². The highest BCUT2D eigenvalue weighted by Crippen LogP contribution is 2.10. The second-order valence-electron chi connectivity index (χ2n) is 4.57. The Bertz CT molecular complexity index is 591. The molecule has 2 N–H and O–H groups in total. The van der Waals surface area contributed by atoms with Crippen LogP contribution in [0.5, 0.6) is 0 Å². The number of amides is 1. The Hall–Kier alpha value is -2.63. The molecule has 0 bridgehead atoms. The molecule has 0 saturated heterocycles. The molecular weight excluding hydrogens is 270 g/mol. The van der Waals surface area contributed by atoms with Crippen LogP contribution in [0.15, 0.2) is 36.8 Å².